The summed E-state index contributed by atoms with van der Waals surface area (Å²) in [6.45, 7) is 1.17. The zero-order chi connectivity index (χ0) is 16.3. The highest BCUT2D eigenvalue weighted by Crippen LogP contribution is 2.28. The van der Waals surface area contributed by atoms with Crippen molar-refractivity contribution < 1.29 is 27.5 Å². The molecule has 0 aliphatic carbocycles. The third kappa shape index (κ3) is 3.99. The fourth-order valence-electron chi connectivity index (χ4n) is 2.44. The Bertz CT molecular complexity index is 545. The third-order valence-electron chi connectivity index (χ3n) is 3.47. The van der Waals surface area contributed by atoms with E-state index >= 15 is 0 Å². The number of cyclic esters (lactones) is 1. The molecule has 2 rings (SSSR count). The fraction of sp³-hybridized carbons (Fsp3) is 0.467. The zero-order valence-electron chi connectivity index (χ0n) is 12.0. The molecule has 0 spiro atoms. The number of alkyl halides is 3. The second kappa shape index (κ2) is 6.37. The van der Waals surface area contributed by atoms with Gasteiger partial charge in [-0.15, -0.1) is 0 Å². The Kier molecular flexibility index (Phi) is 4.73. The number of imide groups is 1. The van der Waals surface area contributed by atoms with Crippen molar-refractivity contribution in [2.45, 2.75) is 32.0 Å². The molecule has 1 fully saturated rings. The van der Waals surface area contributed by atoms with E-state index in [-0.39, 0.29) is 6.61 Å². The molecule has 0 saturated carbocycles. The monoisotopic (exact) mass is 315 g/mol. The summed E-state index contributed by atoms with van der Waals surface area (Å²) >= 11 is 0. The largest absolute Gasteiger partial charge is 0.447 e. The first-order valence-electron chi connectivity index (χ1n) is 6.88. The van der Waals surface area contributed by atoms with E-state index in [1.807, 2.05) is 30.3 Å². The lowest BCUT2D eigenvalue weighted by Crippen LogP contribution is -2.43. The summed E-state index contributed by atoms with van der Waals surface area (Å²) in [7, 11) is 0. The molecule has 2 amide bonds. The Morgan fingerprint density at radius 2 is 2.00 bits per heavy atom. The van der Waals surface area contributed by atoms with Gasteiger partial charge in [-0.1, -0.05) is 37.3 Å². The molecule has 0 aromatic heterocycles. The summed E-state index contributed by atoms with van der Waals surface area (Å²) in [6.07, 6.45) is -6.22. The maximum absolute atomic E-state index is 12.4. The van der Waals surface area contributed by atoms with E-state index in [2.05, 4.69) is 0 Å². The summed E-state index contributed by atoms with van der Waals surface area (Å²) in [5.41, 5.74) is 0.882. The van der Waals surface area contributed by atoms with Gasteiger partial charge in [-0.3, -0.25) is 4.79 Å². The standard InChI is InChI=1S/C15H16F3NO3/c1-10(8-15(16,17)18)13(20)19-12(9-22-14(19)21)7-11-5-3-2-4-6-11/h2-6,10,12H,7-9H2,1H3/t10?,12-/m1/s1. The Balaban J connectivity index is 2.09. The van der Waals surface area contributed by atoms with Crippen molar-refractivity contribution in [1.29, 1.82) is 0 Å². The third-order valence-corrected chi connectivity index (χ3v) is 3.47. The summed E-state index contributed by atoms with van der Waals surface area (Å²) in [5, 5.41) is 0. The van der Waals surface area contributed by atoms with Crippen LogP contribution in [-0.4, -0.2) is 35.7 Å². The van der Waals surface area contributed by atoms with Crippen LogP contribution in [0.4, 0.5) is 18.0 Å². The first-order chi connectivity index (χ1) is 10.3. The molecule has 0 N–H and O–H groups in total. The Hall–Kier alpha value is -2.05. The second-order valence-electron chi connectivity index (χ2n) is 5.35. The molecule has 7 heteroatoms. The normalized spacial score (nSPS) is 19.9. The van der Waals surface area contributed by atoms with Crippen LogP contribution in [0.2, 0.25) is 0 Å². The molecule has 1 unspecified atom stereocenters. The van der Waals surface area contributed by atoms with Gasteiger partial charge in [0.2, 0.25) is 5.91 Å². The number of benzene rings is 1. The van der Waals surface area contributed by atoms with Crippen molar-refractivity contribution in [3.05, 3.63) is 35.9 Å². The molecule has 1 aromatic rings. The van der Waals surface area contributed by atoms with E-state index < -0.39 is 36.6 Å². The SMILES string of the molecule is CC(CC(F)(F)F)C(=O)N1C(=O)OC[C@H]1Cc1ccccc1. The minimum atomic E-state index is -4.45. The molecule has 1 heterocycles. The van der Waals surface area contributed by atoms with Gasteiger partial charge in [-0.2, -0.15) is 13.2 Å². The van der Waals surface area contributed by atoms with Crippen LogP contribution in [0, 0.1) is 5.92 Å². The van der Waals surface area contributed by atoms with Gasteiger partial charge in [0.25, 0.3) is 0 Å². The number of amides is 2. The fourth-order valence-corrected chi connectivity index (χ4v) is 2.44. The van der Waals surface area contributed by atoms with Crippen LogP contribution in [0.25, 0.3) is 0 Å². The van der Waals surface area contributed by atoms with Gasteiger partial charge in [-0.25, -0.2) is 9.69 Å². The lowest BCUT2D eigenvalue weighted by atomic mass is 10.0. The van der Waals surface area contributed by atoms with E-state index in [0.29, 0.717) is 6.42 Å². The molecule has 1 aliphatic rings. The highest BCUT2D eigenvalue weighted by molar-refractivity contribution is 5.94. The van der Waals surface area contributed by atoms with Gasteiger partial charge in [-0.05, 0) is 12.0 Å². The maximum atomic E-state index is 12.4. The first kappa shape index (κ1) is 16.3. The molecule has 22 heavy (non-hydrogen) atoms. The van der Waals surface area contributed by atoms with E-state index in [0.717, 1.165) is 10.5 Å². The average Bonchev–Trinajstić information content (AvgIpc) is 2.78. The number of carbonyl (C=O) groups excluding carboxylic acids is 2. The molecular formula is C15H16F3NO3. The number of nitrogens with zero attached hydrogens (tertiary/aromatic N) is 1. The van der Waals surface area contributed by atoms with Crippen LogP contribution in [0.15, 0.2) is 30.3 Å². The van der Waals surface area contributed by atoms with Crippen molar-refractivity contribution in [2.24, 2.45) is 5.92 Å². The lowest BCUT2D eigenvalue weighted by Gasteiger charge is -2.23. The molecule has 1 aromatic carbocycles. The number of hydrogen-bond acceptors (Lipinski definition) is 3. The lowest BCUT2D eigenvalue weighted by molar-refractivity contribution is -0.157. The van der Waals surface area contributed by atoms with Crippen LogP contribution in [0.5, 0.6) is 0 Å². The summed E-state index contributed by atoms with van der Waals surface area (Å²) < 4.78 is 42.1. The number of hydrogen-bond donors (Lipinski definition) is 0. The number of carbonyl (C=O) groups is 2. The minimum absolute atomic E-state index is 0.00178. The summed E-state index contributed by atoms with van der Waals surface area (Å²) in [5.74, 6) is -2.16. The zero-order valence-corrected chi connectivity index (χ0v) is 12.0. The average molecular weight is 315 g/mol. The van der Waals surface area contributed by atoms with Crippen LogP contribution in [0.1, 0.15) is 18.9 Å². The van der Waals surface area contributed by atoms with Crippen LogP contribution in [-0.2, 0) is 16.0 Å². The van der Waals surface area contributed by atoms with Crippen LogP contribution in [0.3, 0.4) is 0 Å². The van der Waals surface area contributed by atoms with Gasteiger partial charge in [0, 0.05) is 5.92 Å². The van der Waals surface area contributed by atoms with Gasteiger partial charge < -0.3 is 4.74 Å². The van der Waals surface area contributed by atoms with Crippen molar-refractivity contribution in [1.82, 2.24) is 4.90 Å². The molecular weight excluding hydrogens is 299 g/mol. The van der Waals surface area contributed by atoms with Crippen LogP contribution >= 0.6 is 0 Å². The predicted molar refractivity (Wildman–Crippen MR) is 72.0 cm³/mol. The van der Waals surface area contributed by atoms with Crippen molar-refractivity contribution in [3.8, 4) is 0 Å². The van der Waals surface area contributed by atoms with Crippen LogP contribution < -0.4 is 0 Å². The quantitative estimate of drug-likeness (QED) is 0.857. The van der Waals surface area contributed by atoms with Crippen molar-refractivity contribution in [3.63, 3.8) is 0 Å². The Morgan fingerprint density at radius 3 is 2.59 bits per heavy atom. The topological polar surface area (TPSA) is 46.6 Å². The number of rotatable bonds is 4. The molecule has 120 valence electrons. The maximum Gasteiger partial charge on any atom is 0.416 e. The van der Waals surface area contributed by atoms with Crippen molar-refractivity contribution in [2.75, 3.05) is 6.61 Å². The number of ether oxygens (including phenoxy) is 1. The van der Waals surface area contributed by atoms with E-state index in [1.54, 1.807) is 0 Å². The van der Waals surface area contributed by atoms with E-state index in [9.17, 15) is 22.8 Å². The molecule has 2 atom stereocenters. The van der Waals surface area contributed by atoms with E-state index in [4.69, 9.17) is 4.74 Å². The molecule has 1 aliphatic heterocycles. The summed E-state index contributed by atoms with van der Waals surface area (Å²) in [6, 6.07) is 8.53. The van der Waals surface area contributed by atoms with Gasteiger partial charge in [0.15, 0.2) is 0 Å². The smallest absolute Gasteiger partial charge is 0.416 e. The van der Waals surface area contributed by atoms with E-state index in [1.165, 1.54) is 6.92 Å². The number of halogens is 3. The Morgan fingerprint density at radius 1 is 1.36 bits per heavy atom. The van der Waals surface area contributed by atoms with Gasteiger partial charge in [0.1, 0.15) is 6.61 Å². The van der Waals surface area contributed by atoms with Gasteiger partial charge in [0.05, 0.1) is 12.5 Å². The minimum Gasteiger partial charge on any atom is -0.447 e. The Labute approximate surface area is 125 Å². The molecule has 1 saturated heterocycles. The molecule has 4 nitrogen and oxygen atoms in total. The second-order valence-corrected chi connectivity index (χ2v) is 5.35. The van der Waals surface area contributed by atoms with Gasteiger partial charge >= 0.3 is 12.3 Å². The molecule has 0 radical (unpaired) electrons. The summed E-state index contributed by atoms with van der Waals surface area (Å²) in [4.78, 5) is 24.7. The predicted octanol–water partition coefficient (Wildman–Crippen LogP) is 3.17. The highest BCUT2D eigenvalue weighted by atomic mass is 19.4. The van der Waals surface area contributed by atoms with Crippen molar-refractivity contribution >= 4 is 12.0 Å². The molecule has 0 bridgehead atoms. The highest BCUT2D eigenvalue weighted by Gasteiger charge is 2.42. The first-order valence-corrected chi connectivity index (χ1v) is 6.88.